The summed E-state index contributed by atoms with van der Waals surface area (Å²) >= 11 is 0. The van der Waals surface area contributed by atoms with Crippen LogP contribution >= 0.6 is 0 Å². The monoisotopic (exact) mass is 427 g/mol. The molecule has 0 radical (unpaired) electrons. The Labute approximate surface area is 177 Å². The van der Waals surface area contributed by atoms with Gasteiger partial charge in [-0.25, -0.2) is 4.79 Å². The molecule has 10 nitrogen and oxygen atoms in total. The first kappa shape index (κ1) is 20.7. The van der Waals surface area contributed by atoms with Gasteiger partial charge in [0.25, 0.3) is 11.8 Å². The lowest BCUT2D eigenvalue weighted by Gasteiger charge is -2.13. The Bertz CT molecular complexity index is 986. The van der Waals surface area contributed by atoms with Gasteiger partial charge in [0.05, 0.1) is 29.1 Å². The quantitative estimate of drug-likeness (QED) is 0.163. The van der Waals surface area contributed by atoms with Gasteiger partial charge in [-0.1, -0.05) is 12.2 Å². The number of imide groups is 1. The number of nitro benzene ring substituents is 1. The van der Waals surface area contributed by atoms with E-state index >= 15 is 0 Å². The van der Waals surface area contributed by atoms with Crippen molar-refractivity contribution in [3.63, 3.8) is 0 Å². The third-order valence-corrected chi connectivity index (χ3v) is 5.66. The molecule has 1 aromatic carbocycles. The summed E-state index contributed by atoms with van der Waals surface area (Å²) in [4.78, 5) is 47.7. The topological polar surface area (TPSA) is 128 Å². The fraction of sp³-hybridized carbons (Fsp3) is 0.429. The predicted octanol–water partition coefficient (Wildman–Crippen LogP) is 2.07. The molecule has 0 aromatic heterocycles. The molecule has 1 aliphatic heterocycles. The van der Waals surface area contributed by atoms with Crippen LogP contribution in [0.5, 0.6) is 5.75 Å². The summed E-state index contributed by atoms with van der Waals surface area (Å²) in [7, 11) is 0. The minimum Gasteiger partial charge on any atom is -0.475 e. The van der Waals surface area contributed by atoms with Crippen LogP contribution in [0, 0.1) is 33.8 Å². The van der Waals surface area contributed by atoms with Gasteiger partial charge in [0.2, 0.25) is 0 Å². The number of rotatable bonds is 7. The highest BCUT2D eigenvalue weighted by Crippen LogP contribution is 2.52. The number of hydrogen-bond acceptors (Lipinski definition) is 8. The maximum absolute atomic E-state index is 12.6. The van der Waals surface area contributed by atoms with Gasteiger partial charge in [0.15, 0.2) is 12.4 Å². The van der Waals surface area contributed by atoms with Crippen LogP contribution in [-0.2, 0) is 19.1 Å². The van der Waals surface area contributed by atoms with Crippen molar-refractivity contribution in [2.45, 2.75) is 26.4 Å². The van der Waals surface area contributed by atoms with Crippen LogP contribution in [0.1, 0.15) is 25.8 Å². The van der Waals surface area contributed by atoms with E-state index in [2.05, 4.69) is 5.10 Å². The summed E-state index contributed by atoms with van der Waals surface area (Å²) in [6, 6.07) is 4.01. The highest BCUT2D eigenvalue weighted by Gasteiger charge is 2.59. The molecule has 2 aliphatic carbocycles. The highest BCUT2D eigenvalue weighted by molar-refractivity contribution is 6.06. The van der Waals surface area contributed by atoms with Crippen molar-refractivity contribution >= 4 is 29.7 Å². The maximum Gasteiger partial charge on any atom is 0.344 e. The second-order valence-corrected chi connectivity index (χ2v) is 8.04. The normalized spacial score (nSPS) is 26.2. The van der Waals surface area contributed by atoms with Crippen molar-refractivity contribution in [3.8, 4) is 5.75 Å². The Morgan fingerprint density at radius 2 is 1.90 bits per heavy atom. The van der Waals surface area contributed by atoms with E-state index in [4.69, 9.17) is 9.47 Å². The fourth-order valence-corrected chi connectivity index (χ4v) is 4.44. The van der Waals surface area contributed by atoms with E-state index in [9.17, 15) is 24.5 Å². The molecule has 4 atom stereocenters. The number of amides is 2. The summed E-state index contributed by atoms with van der Waals surface area (Å²) in [5.41, 5.74) is -0.0675. The van der Waals surface area contributed by atoms with Gasteiger partial charge < -0.3 is 9.47 Å². The van der Waals surface area contributed by atoms with Gasteiger partial charge in [-0.15, -0.1) is 0 Å². The van der Waals surface area contributed by atoms with Gasteiger partial charge in [0.1, 0.15) is 0 Å². The van der Waals surface area contributed by atoms with Gasteiger partial charge in [-0.3, -0.25) is 19.7 Å². The lowest BCUT2D eigenvalue weighted by Crippen LogP contribution is -2.28. The lowest BCUT2D eigenvalue weighted by atomic mass is 9.85. The molecule has 4 rings (SSSR count). The zero-order valence-electron chi connectivity index (χ0n) is 17.0. The number of ether oxygens (including phenoxy) is 2. The van der Waals surface area contributed by atoms with Crippen LogP contribution in [0.3, 0.4) is 0 Å². The minimum absolute atomic E-state index is 0.0755. The first-order chi connectivity index (χ1) is 14.8. The molecule has 162 valence electrons. The Morgan fingerprint density at radius 1 is 1.26 bits per heavy atom. The van der Waals surface area contributed by atoms with Crippen LogP contribution in [0.2, 0.25) is 0 Å². The number of nitro groups is 1. The number of carbonyl (C=O) groups excluding carboxylic acids is 3. The van der Waals surface area contributed by atoms with E-state index in [0.29, 0.717) is 5.56 Å². The molecule has 31 heavy (non-hydrogen) atoms. The first-order valence-corrected chi connectivity index (χ1v) is 9.97. The molecule has 0 spiro atoms. The maximum atomic E-state index is 12.6. The molecule has 1 saturated heterocycles. The van der Waals surface area contributed by atoms with Crippen molar-refractivity contribution in [2.24, 2.45) is 28.8 Å². The predicted molar refractivity (Wildman–Crippen MR) is 107 cm³/mol. The molecular weight excluding hydrogens is 406 g/mol. The van der Waals surface area contributed by atoms with E-state index in [1.807, 2.05) is 12.2 Å². The van der Waals surface area contributed by atoms with Crippen molar-refractivity contribution in [1.82, 2.24) is 5.01 Å². The molecule has 2 amide bonds. The zero-order chi connectivity index (χ0) is 22.3. The van der Waals surface area contributed by atoms with Crippen LogP contribution in [-0.4, -0.2) is 46.6 Å². The average molecular weight is 427 g/mol. The number of carbonyl (C=O) groups is 3. The molecule has 1 saturated carbocycles. The molecule has 4 unspecified atom stereocenters. The molecule has 2 fully saturated rings. The standard InChI is InChI=1S/C21H21N3O7/c1-11(2)31-17(25)10-30-16-6-3-12(7-15(16)24(28)29)9-22-23-20(26)18-13-4-5-14(8-13)19(18)21(23)27/h3-7,9,11,13-14,18-19H,8,10H2,1-2H3. The summed E-state index contributed by atoms with van der Waals surface area (Å²) in [6.07, 6.45) is 5.71. The van der Waals surface area contributed by atoms with E-state index < -0.39 is 17.5 Å². The molecule has 1 heterocycles. The zero-order valence-corrected chi connectivity index (χ0v) is 17.0. The number of nitrogens with zero attached hydrogens (tertiary/aromatic N) is 3. The Balaban J connectivity index is 1.48. The SMILES string of the molecule is CC(C)OC(=O)COc1ccc(C=NN2C(=O)C3C4C=CC(C4)C3C2=O)cc1[N+](=O)[O-]. The molecule has 3 aliphatic rings. The second kappa shape index (κ2) is 7.93. The van der Waals surface area contributed by atoms with E-state index in [1.54, 1.807) is 13.8 Å². The van der Waals surface area contributed by atoms with Crippen LogP contribution in [0.25, 0.3) is 0 Å². The minimum atomic E-state index is -0.652. The number of hydrazone groups is 1. The van der Waals surface area contributed by atoms with Crippen molar-refractivity contribution in [3.05, 3.63) is 46.0 Å². The molecule has 1 aromatic rings. The summed E-state index contributed by atoms with van der Waals surface area (Å²) in [6.45, 7) is 2.89. The van der Waals surface area contributed by atoms with E-state index in [1.165, 1.54) is 24.4 Å². The van der Waals surface area contributed by atoms with Crippen molar-refractivity contribution in [1.29, 1.82) is 0 Å². The number of fused-ring (bicyclic) bond motifs is 5. The third kappa shape index (κ3) is 3.80. The number of hydrogen-bond donors (Lipinski definition) is 0. The van der Waals surface area contributed by atoms with Crippen molar-refractivity contribution < 1.29 is 28.8 Å². The summed E-state index contributed by atoms with van der Waals surface area (Å²) in [5, 5.41) is 16.3. The summed E-state index contributed by atoms with van der Waals surface area (Å²) < 4.78 is 10.2. The summed E-state index contributed by atoms with van der Waals surface area (Å²) in [5.74, 6) is -1.99. The third-order valence-electron chi connectivity index (χ3n) is 5.66. The van der Waals surface area contributed by atoms with Crippen LogP contribution in [0.15, 0.2) is 35.5 Å². The molecule has 0 N–H and O–H groups in total. The number of benzene rings is 1. The Hall–Kier alpha value is -3.56. The largest absolute Gasteiger partial charge is 0.475 e. The van der Waals surface area contributed by atoms with Gasteiger partial charge in [0, 0.05) is 11.6 Å². The van der Waals surface area contributed by atoms with Crippen LogP contribution in [0.4, 0.5) is 5.69 Å². The number of allylic oxidation sites excluding steroid dienone is 2. The lowest BCUT2D eigenvalue weighted by molar-refractivity contribution is -0.385. The van der Waals surface area contributed by atoms with E-state index in [0.717, 1.165) is 11.4 Å². The highest BCUT2D eigenvalue weighted by atomic mass is 16.6. The van der Waals surface area contributed by atoms with Gasteiger partial charge in [-0.2, -0.15) is 10.1 Å². The van der Waals surface area contributed by atoms with E-state index in [-0.39, 0.29) is 53.0 Å². The van der Waals surface area contributed by atoms with Crippen LogP contribution < -0.4 is 4.74 Å². The first-order valence-electron chi connectivity index (χ1n) is 9.97. The molecule has 10 heteroatoms. The Kier molecular flexibility index (Phi) is 5.30. The molecule has 2 bridgehead atoms. The van der Waals surface area contributed by atoms with Crippen molar-refractivity contribution in [2.75, 3.05) is 6.61 Å². The number of esters is 1. The smallest absolute Gasteiger partial charge is 0.344 e. The average Bonchev–Trinajstić information content (AvgIpc) is 3.39. The molecular formula is C21H21N3O7. The van der Waals surface area contributed by atoms with Gasteiger partial charge in [-0.05, 0) is 44.2 Å². The fourth-order valence-electron chi connectivity index (χ4n) is 4.44. The Morgan fingerprint density at radius 3 is 2.48 bits per heavy atom. The second-order valence-electron chi connectivity index (χ2n) is 8.04. The van der Waals surface area contributed by atoms with Gasteiger partial charge >= 0.3 is 11.7 Å².